The number of imide groups is 1. The number of Topliss-reactive ketones (excluding diaryl/α,β-unsaturated/α-hetero) is 1. The van der Waals surface area contributed by atoms with Gasteiger partial charge in [-0.1, -0.05) is 0 Å². The highest BCUT2D eigenvalue weighted by Gasteiger charge is 2.49. The molecule has 0 radical (unpaired) electrons. The molecule has 0 saturated carbocycles. The fourth-order valence-corrected chi connectivity index (χ4v) is 1.97. The van der Waals surface area contributed by atoms with Crippen molar-refractivity contribution in [2.45, 2.75) is 25.3 Å². The van der Waals surface area contributed by atoms with E-state index in [4.69, 9.17) is 0 Å². The van der Waals surface area contributed by atoms with E-state index in [0.29, 0.717) is 5.69 Å². The Labute approximate surface area is 104 Å². The summed E-state index contributed by atoms with van der Waals surface area (Å²) in [4.78, 5) is 38.5. The predicted molar refractivity (Wildman–Crippen MR) is 61.5 cm³/mol. The number of imidazole rings is 1. The smallest absolute Gasteiger partial charge is 0.322 e. The maximum atomic E-state index is 12.0. The van der Waals surface area contributed by atoms with Crippen LogP contribution in [-0.2, 0) is 22.2 Å². The van der Waals surface area contributed by atoms with Crippen LogP contribution in [0.25, 0.3) is 0 Å². The van der Waals surface area contributed by atoms with E-state index in [0.717, 1.165) is 0 Å². The Balaban J connectivity index is 2.37. The molecule has 1 aromatic heterocycles. The van der Waals surface area contributed by atoms with Crippen molar-refractivity contribution in [1.29, 1.82) is 0 Å². The van der Waals surface area contributed by atoms with Crippen LogP contribution in [0.2, 0.25) is 0 Å². The van der Waals surface area contributed by atoms with Crippen LogP contribution in [-0.4, -0.2) is 27.3 Å². The molecule has 0 spiro atoms. The number of nitrogens with zero attached hydrogens (tertiary/aromatic N) is 2. The summed E-state index contributed by atoms with van der Waals surface area (Å²) in [5, 5.41) is 4.76. The SMILES string of the molecule is CC(=O)CCC1(c2cn(C)cn2)NC(=O)NC1=O. The van der Waals surface area contributed by atoms with Gasteiger partial charge in [0.05, 0.1) is 12.0 Å². The van der Waals surface area contributed by atoms with Gasteiger partial charge in [-0.25, -0.2) is 9.78 Å². The molecule has 2 heterocycles. The van der Waals surface area contributed by atoms with Crippen molar-refractivity contribution in [2.75, 3.05) is 0 Å². The molecule has 18 heavy (non-hydrogen) atoms. The minimum Gasteiger partial charge on any atom is -0.340 e. The first kappa shape index (κ1) is 12.3. The lowest BCUT2D eigenvalue weighted by Gasteiger charge is -2.23. The number of aromatic nitrogens is 2. The summed E-state index contributed by atoms with van der Waals surface area (Å²) in [6.45, 7) is 1.45. The summed E-state index contributed by atoms with van der Waals surface area (Å²) in [6, 6.07) is -0.561. The highest BCUT2D eigenvalue weighted by Crippen LogP contribution is 2.28. The number of hydrogen-bond acceptors (Lipinski definition) is 4. The lowest BCUT2D eigenvalue weighted by molar-refractivity contribution is -0.125. The Morgan fingerprint density at radius 1 is 1.50 bits per heavy atom. The molecule has 1 aliphatic heterocycles. The summed E-state index contributed by atoms with van der Waals surface area (Å²) in [5.41, 5.74) is -0.793. The number of carbonyl (C=O) groups is 3. The monoisotopic (exact) mass is 250 g/mol. The van der Waals surface area contributed by atoms with Crippen molar-refractivity contribution in [3.8, 4) is 0 Å². The van der Waals surface area contributed by atoms with E-state index in [9.17, 15) is 14.4 Å². The van der Waals surface area contributed by atoms with E-state index in [1.165, 1.54) is 6.92 Å². The molecule has 0 aliphatic carbocycles. The average Bonchev–Trinajstić information content (AvgIpc) is 2.81. The van der Waals surface area contributed by atoms with E-state index in [2.05, 4.69) is 15.6 Å². The number of ketones is 1. The summed E-state index contributed by atoms with van der Waals surface area (Å²) in [7, 11) is 1.77. The highest BCUT2D eigenvalue weighted by atomic mass is 16.2. The van der Waals surface area contributed by atoms with Crippen LogP contribution in [0.15, 0.2) is 12.5 Å². The molecule has 1 unspecified atom stereocenters. The van der Waals surface area contributed by atoms with Gasteiger partial charge in [0.25, 0.3) is 5.91 Å². The van der Waals surface area contributed by atoms with Crippen LogP contribution in [0.4, 0.5) is 4.79 Å². The third-order valence-corrected chi connectivity index (χ3v) is 2.94. The van der Waals surface area contributed by atoms with Crippen LogP contribution in [0.5, 0.6) is 0 Å². The minimum atomic E-state index is -1.23. The van der Waals surface area contributed by atoms with Crippen molar-refractivity contribution in [1.82, 2.24) is 20.2 Å². The van der Waals surface area contributed by atoms with Crippen molar-refractivity contribution in [3.05, 3.63) is 18.2 Å². The molecule has 2 rings (SSSR count). The number of carbonyl (C=O) groups excluding carboxylic acids is 3. The second-order valence-corrected chi connectivity index (χ2v) is 4.44. The van der Waals surface area contributed by atoms with Gasteiger partial charge in [-0.05, 0) is 13.3 Å². The van der Waals surface area contributed by atoms with Crippen LogP contribution in [0.1, 0.15) is 25.5 Å². The van der Waals surface area contributed by atoms with Crippen molar-refractivity contribution >= 4 is 17.7 Å². The molecule has 2 N–H and O–H groups in total. The largest absolute Gasteiger partial charge is 0.340 e. The van der Waals surface area contributed by atoms with E-state index in [1.54, 1.807) is 24.1 Å². The topological polar surface area (TPSA) is 93.1 Å². The molecule has 1 aliphatic rings. The Morgan fingerprint density at radius 3 is 2.67 bits per heavy atom. The zero-order chi connectivity index (χ0) is 13.3. The van der Waals surface area contributed by atoms with Crippen LogP contribution in [0.3, 0.4) is 0 Å². The fraction of sp³-hybridized carbons (Fsp3) is 0.455. The third kappa shape index (κ3) is 1.99. The number of amides is 3. The highest BCUT2D eigenvalue weighted by molar-refractivity contribution is 6.07. The summed E-state index contributed by atoms with van der Waals surface area (Å²) in [6.07, 6.45) is 3.61. The van der Waals surface area contributed by atoms with Gasteiger partial charge in [0.2, 0.25) is 0 Å². The first-order chi connectivity index (χ1) is 8.44. The molecule has 0 bridgehead atoms. The first-order valence-electron chi connectivity index (χ1n) is 5.55. The van der Waals surface area contributed by atoms with Gasteiger partial charge in [-0.15, -0.1) is 0 Å². The molecular weight excluding hydrogens is 236 g/mol. The Kier molecular flexibility index (Phi) is 2.90. The maximum absolute atomic E-state index is 12.0. The molecule has 1 fully saturated rings. The fourth-order valence-electron chi connectivity index (χ4n) is 1.97. The number of rotatable bonds is 4. The Bertz CT molecular complexity index is 522. The zero-order valence-electron chi connectivity index (χ0n) is 10.2. The second kappa shape index (κ2) is 4.25. The number of nitrogens with one attached hydrogen (secondary N) is 2. The first-order valence-corrected chi connectivity index (χ1v) is 5.55. The number of urea groups is 1. The lowest BCUT2D eigenvalue weighted by Crippen LogP contribution is -2.44. The molecule has 1 saturated heterocycles. The third-order valence-electron chi connectivity index (χ3n) is 2.94. The summed E-state index contributed by atoms with van der Waals surface area (Å²) in [5.74, 6) is -0.508. The van der Waals surface area contributed by atoms with Crippen molar-refractivity contribution < 1.29 is 14.4 Å². The van der Waals surface area contributed by atoms with Crippen LogP contribution >= 0.6 is 0 Å². The van der Waals surface area contributed by atoms with Gasteiger partial charge < -0.3 is 14.7 Å². The van der Waals surface area contributed by atoms with Crippen LogP contribution < -0.4 is 10.6 Å². The molecular formula is C11H14N4O3. The van der Waals surface area contributed by atoms with E-state index < -0.39 is 17.5 Å². The average molecular weight is 250 g/mol. The maximum Gasteiger partial charge on any atom is 0.322 e. The molecule has 7 nitrogen and oxygen atoms in total. The van der Waals surface area contributed by atoms with Gasteiger partial charge >= 0.3 is 6.03 Å². The van der Waals surface area contributed by atoms with E-state index in [1.807, 2.05) is 0 Å². The van der Waals surface area contributed by atoms with Gasteiger partial charge in [0, 0.05) is 19.7 Å². The molecule has 7 heteroatoms. The predicted octanol–water partition coefficient (Wildman–Crippen LogP) is -0.176. The minimum absolute atomic E-state index is 0.0424. The van der Waals surface area contributed by atoms with Crippen LogP contribution in [0, 0.1) is 0 Å². The zero-order valence-corrected chi connectivity index (χ0v) is 10.2. The van der Waals surface area contributed by atoms with Gasteiger partial charge in [0.15, 0.2) is 5.54 Å². The standard InChI is InChI=1S/C11H14N4O3/c1-7(16)3-4-11(8-5-15(2)6-12-8)9(17)13-10(18)14-11/h5-6H,3-4H2,1-2H3,(H2,13,14,17,18). The van der Waals surface area contributed by atoms with Crippen molar-refractivity contribution in [3.63, 3.8) is 0 Å². The van der Waals surface area contributed by atoms with Gasteiger partial charge in [-0.3, -0.25) is 10.1 Å². The van der Waals surface area contributed by atoms with E-state index in [-0.39, 0.29) is 18.6 Å². The lowest BCUT2D eigenvalue weighted by atomic mass is 9.89. The van der Waals surface area contributed by atoms with Crippen molar-refractivity contribution in [2.24, 2.45) is 7.05 Å². The molecule has 3 amide bonds. The number of hydrogen-bond donors (Lipinski definition) is 2. The van der Waals surface area contributed by atoms with Gasteiger partial charge in [0.1, 0.15) is 5.78 Å². The summed E-state index contributed by atoms with van der Waals surface area (Å²) >= 11 is 0. The molecule has 96 valence electrons. The molecule has 0 aromatic carbocycles. The molecule has 1 aromatic rings. The number of aryl methyl sites for hydroxylation is 1. The van der Waals surface area contributed by atoms with Gasteiger partial charge in [-0.2, -0.15) is 0 Å². The summed E-state index contributed by atoms with van der Waals surface area (Å²) < 4.78 is 1.68. The second-order valence-electron chi connectivity index (χ2n) is 4.44. The Hall–Kier alpha value is -2.18. The quantitative estimate of drug-likeness (QED) is 0.725. The van der Waals surface area contributed by atoms with E-state index >= 15 is 0 Å². The molecule has 1 atom stereocenters. The Morgan fingerprint density at radius 2 is 2.22 bits per heavy atom. The normalized spacial score (nSPS) is 22.8.